The van der Waals surface area contributed by atoms with Gasteiger partial charge in [-0.05, 0) is 92.3 Å². The molecule has 7 saturated heterocycles. The monoisotopic (exact) mass is 1360 g/mol. The normalized spacial score (nSPS) is 54.6. The number of fused-ring (bicyclic) bond motifs is 7. The summed E-state index contributed by atoms with van der Waals surface area (Å²) in [6.45, 7) is 8.71. The van der Waals surface area contributed by atoms with Crippen LogP contribution in [0.2, 0.25) is 0 Å². The van der Waals surface area contributed by atoms with Crippen molar-refractivity contribution in [1.29, 1.82) is 0 Å². The van der Waals surface area contributed by atoms with Crippen LogP contribution in [0, 0.1) is 46.3 Å². The molecule has 0 bridgehead atoms. The van der Waals surface area contributed by atoms with E-state index in [0.29, 0.717) is 36.7 Å². The average molecular weight is 1360 g/mol. The van der Waals surface area contributed by atoms with Crippen LogP contribution >= 0.6 is 0 Å². The molecule has 0 amide bonds. The summed E-state index contributed by atoms with van der Waals surface area (Å²) in [6.07, 6.45) is -43.0. The van der Waals surface area contributed by atoms with Crippen LogP contribution in [-0.4, -0.2) is 329 Å². The van der Waals surface area contributed by atoms with Crippen molar-refractivity contribution in [2.75, 3.05) is 46.8 Å². The predicted molar refractivity (Wildman–Crippen MR) is 309 cm³/mol. The lowest BCUT2D eigenvalue weighted by Gasteiger charge is -2.61. The van der Waals surface area contributed by atoms with Crippen LogP contribution in [0.4, 0.5) is 0 Å². The van der Waals surface area contributed by atoms with Gasteiger partial charge in [0, 0.05) is 25.9 Å². The fourth-order valence-electron chi connectivity index (χ4n) is 18.0. The molecule has 7 heterocycles. The molecule has 4 saturated carbocycles. The summed E-state index contributed by atoms with van der Waals surface area (Å²) in [5, 5.41) is 183. The number of ketones is 1. The molecule has 32 heteroatoms. The second kappa shape index (κ2) is 29.3. The summed E-state index contributed by atoms with van der Waals surface area (Å²) in [7, 11) is 1.65. The summed E-state index contributed by atoms with van der Waals surface area (Å²) < 4.78 is 83.3. The van der Waals surface area contributed by atoms with Gasteiger partial charge in [-0.25, -0.2) is 0 Å². The molecule has 39 atom stereocenters. The van der Waals surface area contributed by atoms with E-state index in [9.17, 15) is 91.6 Å². The first-order valence-electron chi connectivity index (χ1n) is 33.1. The van der Waals surface area contributed by atoms with Crippen molar-refractivity contribution < 1.29 is 158 Å². The van der Waals surface area contributed by atoms with Crippen LogP contribution in [0.1, 0.15) is 85.5 Å². The molecule has 4 aliphatic carbocycles. The average Bonchev–Trinajstić information content (AvgIpc) is 1.49. The van der Waals surface area contributed by atoms with Gasteiger partial charge in [0.2, 0.25) is 0 Å². The van der Waals surface area contributed by atoms with Crippen molar-refractivity contribution in [3.8, 4) is 0 Å². The zero-order valence-corrected chi connectivity index (χ0v) is 53.3. The Morgan fingerprint density at radius 3 is 1.72 bits per heavy atom. The van der Waals surface area contributed by atoms with Gasteiger partial charge in [0.15, 0.2) is 49.3 Å². The quantitative estimate of drug-likeness (QED) is 0.0398. The van der Waals surface area contributed by atoms with Crippen LogP contribution in [0.3, 0.4) is 0 Å². The first-order chi connectivity index (χ1) is 44.5. The third kappa shape index (κ3) is 13.4. The standard InChI is InChI=1S/C62H100O32/c1-22(19-82-54-46(77)44(75)41(72)34(16-63)87-54)9-12-62(81-6)23(2)37-33(94-62)14-28-26-8-7-25-13-32(29(66)15-61(25,5)27(26)10-11-60(28,37)4)86-56-48(79)45(76)50(36(18-65)89-56)90-57-49(80)51(42(73)35(17-64)88-57)91-58-53(40(71)31(68)20-83-58)93-59-52(39(70)30(67)21-84-59)92-55-47(78)43(74)38(69)24(3)85-55/h23-28,30-59,63-65,67-80H,1,7-21H2,2-6H3/t23-,24-,25-,26-,27-,28+,30-,31-,32-,33-,34-,35-,36-,37-,38-,39+,40+,41-,42-,43+,44+,45-,46-,47-,48-,49-,50-,51+,52-,53-,54-,55+,56-,57+,58+,59+,60+,61-,62+/m0/s1. The van der Waals surface area contributed by atoms with E-state index in [1.807, 2.05) is 0 Å². The Balaban J connectivity index is 0.695. The van der Waals surface area contributed by atoms with E-state index in [1.54, 1.807) is 7.11 Å². The maximum Gasteiger partial charge on any atom is 0.187 e. The Kier molecular flexibility index (Phi) is 22.8. The molecule has 0 unspecified atom stereocenters. The molecule has 11 rings (SSSR count). The molecule has 0 aromatic heterocycles. The van der Waals surface area contributed by atoms with Crippen LogP contribution in [0.25, 0.3) is 0 Å². The molecule has 17 N–H and O–H groups in total. The second-order valence-corrected chi connectivity index (χ2v) is 28.7. The van der Waals surface area contributed by atoms with Crippen LogP contribution < -0.4 is 0 Å². The van der Waals surface area contributed by atoms with Crippen molar-refractivity contribution in [1.82, 2.24) is 0 Å². The fraction of sp³-hybridized carbons (Fsp3) is 0.952. The molecule has 0 radical (unpaired) electrons. The number of rotatable bonds is 20. The number of Topliss-reactive ketones (excluding diaryl/α,β-unsaturated/α-hetero) is 1. The molecule has 11 aliphatic rings. The van der Waals surface area contributed by atoms with Crippen molar-refractivity contribution in [2.45, 2.75) is 276 Å². The number of ether oxygens (including phenoxy) is 14. The summed E-state index contributed by atoms with van der Waals surface area (Å²) >= 11 is 0. The number of aliphatic hydroxyl groups is 17. The molecule has 94 heavy (non-hydrogen) atoms. The van der Waals surface area contributed by atoms with Gasteiger partial charge in [-0.2, -0.15) is 0 Å². The minimum absolute atomic E-state index is 0.00548. The van der Waals surface area contributed by atoms with E-state index in [1.165, 1.54) is 6.92 Å². The SMILES string of the molecule is C=C(CC[C@@]1(OC)O[C@H]2C[C@@H]3[C@H]4CC[C@H]5C[C@H](O[C@H]6O[C@@H](CO)[C@H](O[C@H]7O[C@@H](CO)[C@H](O)[C@@H](O[C@H]8OC[C@H](O)[C@@H](O)[C@@H]8O[C@H]8OC[C@H](O)[C@@H](O)[C@@H]8O[C@H]8O[C@@H](C)[C@H](O)[C@@H](O)[C@@H]8O)[C@@H]7O)[C@@H](O)[C@@H]6O)C(=O)C[C@]5(C)[C@H]4CC[C@@]3(C)[C@H]2[C@@H]1C)CO[C@H]1O[C@@H](CO)[C@H](O)[C@@H](O)[C@@H]1O. The van der Waals surface area contributed by atoms with Crippen molar-refractivity contribution >= 4 is 5.78 Å². The third-order valence-corrected chi connectivity index (χ3v) is 23.4. The molecule has 0 aromatic carbocycles. The lowest BCUT2D eigenvalue weighted by atomic mass is 9.44. The highest BCUT2D eigenvalue weighted by atomic mass is 16.8. The minimum Gasteiger partial charge on any atom is -0.394 e. The topological polar surface area (TPSA) is 490 Å². The fourth-order valence-corrected chi connectivity index (χ4v) is 18.0. The van der Waals surface area contributed by atoms with E-state index in [2.05, 4.69) is 27.4 Å². The maximum absolute atomic E-state index is 14.5. The van der Waals surface area contributed by atoms with E-state index >= 15 is 0 Å². The Bertz CT molecular complexity index is 2540. The first kappa shape index (κ1) is 73.4. The first-order valence-corrected chi connectivity index (χ1v) is 33.1. The van der Waals surface area contributed by atoms with Gasteiger partial charge >= 0.3 is 0 Å². The number of aliphatic hydroxyl groups excluding tert-OH is 17. The van der Waals surface area contributed by atoms with Gasteiger partial charge in [0.25, 0.3) is 0 Å². The number of carbonyl (C=O) groups excluding carboxylic acids is 1. The van der Waals surface area contributed by atoms with Gasteiger partial charge in [-0.1, -0.05) is 32.9 Å². The van der Waals surface area contributed by atoms with Gasteiger partial charge in [-0.15, -0.1) is 0 Å². The maximum atomic E-state index is 14.5. The molecular formula is C62H100O32. The summed E-state index contributed by atoms with van der Waals surface area (Å²) in [5.74, 6) is -0.0849. The highest BCUT2D eigenvalue weighted by Gasteiger charge is 2.70. The van der Waals surface area contributed by atoms with Gasteiger partial charge in [-0.3, -0.25) is 4.79 Å². The molecule has 7 aliphatic heterocycles. The zero-order valence-electron chi connectivity index (χ0n) is 53.3. The van der Waals surface area contributed by atoms with E-state index < -0.39 is 217 Å². The lowest BCUT2D eigenvalue weighted by Crippen LogP contribution is -2.67. The highest BCUT2D eigenvalue weighted by Crippen LogP contribution is 2.71. The smallest absolute Gasteiger partial charge is 0.187 e. The molecular weight excluding hydrogens is 1260 g/mol. The van der Waals surface area contributed by atoms with Gasteiger partial charge in [0.1, 0.15) is 134 Å². The number of methoxy groups -OCH3 is 1. The Hall–Kier alpha value is -1.83. The molecule has 0 aromatic rings. The van der Waals surface area contributed by atoms with Gasteiger partial charge in [0.05, 0.1) is 51.8 Å². The van der Waals surface area contributed by atoms with E-state index in [4.69, 9.17) is 66.3 Å². The number of carbonyl (C=O) groups is 1. The van der Waals surface area contributed by atoms with E-state index in [0.717, 1.165) is 32.1 Å². The van der Waals surface area contributed by atoms with Crippen LogP contribution in [0.15, 0.2) is 12.2 Å². The largest absolute Gasteiger partial charge is 0.394 e. The number of hydrogen-bond acceptors (Lipinski definition) is 32. The van der Waals surface area contributed by atoms with Gasteiger partial charge < -0.3 is 153 Å². The predicted octanol–water partition coefficient (Wildman–Crippen LogP) is -6.25. The second-order valence-electron chi connectivity index (χ2n) is 28.7. The minimum atomic E-state index is -2.09. The molecule has 0 spiro atoms. The number of hydrogen-bond donors (Lipinski definition) is 17. The zero-order chi connectivity index (χ0) is 67.9. The van der Waals surface area contributed by atoms with Crippen molar-refractivity contribution in [2.24, 2.45) is 46.3 Å². The highest BCUT2D eigenvalue weighted by molar-refractivity contribution is 5.84. The molecule has 11 fully saturated rings. The summed E-state index contributed by atoms with van der Waals surface area (Å²) in [6, 6.07) is 0. The van der Waals surface area contributed by atoms with Crippen LogP contribution in [-0.2, 0) is 71.1 Å². The van der Waals surface area contributed by atoms with Crippen LogP contribution in [0.5, 0.6) is 0 Å². The summed E-state index contributed by atoms with van der Waals surface area (Å²) in [5.41, 5.74) is 0.185. The molecule has 32 nitrogen and oxygen atoms in total. The summed E-state index contributed by atoms with van der Waals surface area (Å²) in [4.78, 5) is 14.5. The third-order valence-electron chi connectivity index (χ3n) is 23.4. The Labute approximate surface area is 543 Å². The Morgan fingerprint density at radius 2 is 1.09 bits per heavy atom. The Morgan fingerprint density at radius 1 is 0.543 bits per heavy atom. The van der Waals surface area contributed by atoms with Crippen molar-refractivity contribution in [3.05, 3.63) is 12.2 Å². The lowest BCUT2D eigenvalue weighted by molar-refractivity contribution is -0.394. The van der Waals surface area contributed by atoms with E-state index in [-0.39, 0.29) is 59.4 Å². The van der Waals surface area contributed by atoms with Crippen molar-refractivity contribution in [3.63, 3.8) is 0 Å². The molecule has 540 valence electrons.